The van der Waals surface area contributed by atoms with E-state index in [9.17, 15) is 4.79 Å². The lowest BCUT2D eigenvalue weighted by molar-refractivity contribution is -0.132. The third kappa shape index (κ3) is 7.42. The Kier molecular flexibility index (Phi) is 11.9. The summed E-state index contributed by atoms with van der Waals surface area (Å²) in [6.07, 6.45) is 5.41. The van der Waals surface area contributed by atoms with E-state index in [1.54, 1.807) is 0 Å². The molecule has 1 heterocycles. The van der Waals surface area contributed by atoms with Gasteiger partial charge in [-0.05, 0) is 31.6 Å². The molecule has 1 unspecified atom stereocenters. The molecule has 1 atom stereocenters. The number of amides is 1. The molecule has 0 spiro atoms. The second-order valence-corrected chi connectivity index (χ2v) is 6.17. The first kappa shape index (κ1) is 19.1. The molecule has 5 heteroatoms. The van der Waals surface area contributed by atoms with Crippen LogP contribution >= 0.6 is 24.2 Å². The monoisotopic (exact) mass is 308 g/mol. The summed E-state index contributed by atoms with van der Waals surface area (Å²) in [5.74, 6) is 2.54. The largest absolute Gasteiger partial charge is 0.338 e. The molecule has 0 aromatic carbocycles. The van der Waals surface area contributed by atoms with Crippen LogP contribution in [0.15, 0.2) is 0 Å². The second kappa shape index (κ2) is 11.9. The van der Waals surface area contributed by atoms with Gasteiger partial charge in [-0.25, -0.2) is 0 Å². The van der Waals surface area contributed by atoms with Gasteiger partial charge in [-0.2, -0.15) is 11.8 Å². The van der Waals surface area contributed by atoms with Crippen molar-refractivity contribution >= 4 is 30.1 Å². The first-order chi connectivity index (χ1) is 8.79. The number of unbranched alkanes of at least 4 members (excludes halogenated alkanes) is 1. The van der Waals surface area contributed by atoms with Gasteiger partial charge in [-0.15, -0.1) is 12.4 Å². The van der Waals surface area contributed by atoms with E-state index in [4.69, 9.17) is 0 Å². The van der Waals surface area contributed by atoms with E-state index in [0.717, 1.165) is 38.2 Å². The van der Waals surface area contributed by atoms with Crippen LogP contribution in [0.3, 0.4) is 0 Å². The maximum absolute atomic E-state index is 12.2. The van der Waals surface area contributed by atoms with Crippen LogP contribution in [0.4, 0.5) is 0 Å². The number of carbonyl (C=O) groups excluding carboxylic acids is 1. The zero-order chi connectivity index (χ0) is 13.2. The van der Waals surface area contributed by atoms with Crippen LogP contribution < -0.4 is 5.32 Å². The Bertz CT molecular complexity index is 235. The molecule has 1 rings (SSSR count). The predicted octanol–water partition coefficient (Wildman–Crippen LogP) is 2.93. The summed E-state index contributed by atoms with van der Waals surface area (Å²) in [6.45, 7) is 7.32. The summed E-state index contributed by atoms with van der Waals surface area (Å²) >= 11 is 1.92. The number of thioether (sulfide) groups is 1. The molecule has 1 aliphatic rings. The molecule has 0 aromatic heterocycles. The summed E-state index contributed by atoms with van der Waals surface area (Å²) in [7, 11) is 0. The summed E-state index contributed by atoms with van der Waals surface area (Å²) < 4.78 is 0. The maximum Gasteiger partial charge on any atom is 0.223 e. The number of carbonyl (C=O) groups is 1. The van der Waals surface area contributed by atoms with Crippen LogP contribution in [-0.4, -0.2) is 48.0 Å². The van der Waals surface area contributed by atoms with Gasteiger partial charge < -0.3 is 10.2 Å². The van der Waals surface area contributed by atoms with Crippen LogP contribution in [0.1, 0.15) is 46.0 Å². The first-order valence-electron chi connectivity index (χ1n) is 7.37. The minimum Gasteiger partial charge on any atom is -0.338 e. The van der Waals surface area contributed by atoms with Crippen molar-refractivity contribution in [3.63, 3.8) is 0 Å². The Labute approximate surface area is 128 Å². The highest BCUT2D eigenvalue weighted by molar-refractivity contribution is 7.99. The quantitative estimate of drug-likeness (QED) is 0.665. The topological polar surface area (TPSA) is 32.3 Å². The van der Waals surface area contributed by atoms with Gasteiger partial charge in [0.25, 0.3) is 0 Å². The number of rotatable bonds is 9. The van der Waals surface area contributed by atoms with Crippen molar-refractivity contribution in [1.29, 1.82) is 0 Å². The van der Waals surface area contributed by atoms with E-state index in [1.807, 2.05) is 11.8 Å². The molecule has 1 aliphatic heterocycles. The third-order valence-electron chi connectivity index (χ3n) is 3.36. The van der Waals surface area contributed by atoms with Crippen LogP contribution in [0.5, 0.6) is 0 Å². The highest BCUT2D eigenvalue weighted by Gasteiger charge is 2.25. The van der Waals surface area contributed by atoms with Crippen molar-refractivity contribution in [2.75, 3.05) is 31.1 Å². The number of nitrogens with one attached hydrogen (secondary N) is 1. The summed E-state index contributed by atoms with van der Waals surface area (Å²) in [6, 6.07) is 0.443. The van der Waals surface area contributed by atoms with E-state index in [0.29, 0.717) is 18.4 Å². The van der Waals surface area contributed by atoms with E-state index < -0.39 is 0 Å². The Morgan fingerprint density at radius 1 is 1.32 bits per heavy atom. The number of halogens is 1. The highest BCUT2D eigenvalue weighted by atomic mass is 35.5. The first-order valence-corrected chi connectivity index (χ1v) is 8.53. The van der Waals surface area contributed by atoms with Crippen LogP contribution in [0.25, 0.3) is 0 Å². The lowest BCUT2D eigenvalue weighted by Gasteiger charge is -2.28. The summed E-state index contributed by atoms with van der Waals surface area (Å²) in [5.41, 5.74) is 0. The normalized spacial score (nSPS) is 18.1. The lowest BCUT2D eigenvalue weighted by Crippen LogP contribution is -2.42. The van der Waals surface area contributed by atoms with E-state index >= 15 is 0 Å². The number of nitrogens with zero attached hydrogens (tertiary/aromatic N) is 1. The molecule has 19 heavy (non-hydrogen) atoms. The van der Waals surface area contributed by atoms with E-state index in [2.05, 4.69) is 24.1 Å². The van der Waals surface area contributed by atoms with Crippen LogP contribution in [0, 0.1) is 0 Å². The fourth-order valence-electron chi connectivity index (χ4n) is 2.31. The average molecular weight is 309 g/mol. The molecule has 0 radical (unpaired) electrons. The molecular formula is C14H29ClN2OS. The molecule has 1 saturated heterocycles. The van der Waals surface area contributed by atoms with Crippen LogP contribution in [-0.2, 0) is 4.79 Å². The fraction of sp³-hybridized carbons (Fsp3) is 0.929. The fourth-order valence-corrected chi connectivity index (χ4v) is 3.32. The zero-order valence-corrected chi connectivity index (χ0v) is 14.0. The van der Waals surface area contributed by atoms with Crippen molar-refractivity contribution in [1.82, 2.24) is 10.2 Å². The predicted molar refractivity (Wildman–Crippen MR) is 87.4 cm³/mol. The van der Waals surface area contributed by atoms with E-state index in [-0.39, 0.29) is 12.4 Å². The van der Waals surface area contributed by atoms with Gasteiger partial charge in [0, 0.05) is 31.3 Å². The molecular weight excluding hydrogens is 280 g/mol. The number of hydrogen-bond acceptors (Lipinski definition) is 3. The smallest absolute Gasteiger partial charge is 0.223 e. The van der Waals surface area contributed by atoms with Crippen molar-refractivity contribution in [2.45, 2.75) is 52.0 Å². The van der Waals surface area contributed by atoms with Crippen molar-refractivity contribution in [2.24, 2.45) is 0 Å². The molecule has 1 N–H and O–H groups in total. The van der Waals surface area contributed by atoms with Gasteiger partial charge >= 0.3 is 0 Å². The van der Waals surface area contributed by atoms with Crippen LogP contribution in [0.2, 0.25) is 0 Å². The minimum absolute atomic E-state index is 0. The van der Waals surface area contributed by atoms with Gasteiger partial charge in [-0.3, -0.25) is 4.79 Å². The lowest BCUT2D eigenvalue weighted by atomic mass is 10.2. The Morgan fingerprint density at radius 2 is 2.11 bits per heavy atom. The standard InChI is InChI=1S/C14H28N2OS.ClH/c1-3-5-10-18-11-7-14(17)16(9-4-2)13-6-8-15-12-13;/h13,15H,3-12H2,1-2H3;1H. The molecule has 0 bridgehead atoms. The molecule has 1 fully saturated rings. The van der Waals surface area contributed by atoms with Gasteiger partial charge in [0.1, 0.15) is 0 Å². The molecule has 1 amide bonds. The van der Waals surface area contributed by atoms with Gasteiger partial charge in [-0.1, -0.05) is 20.3 Å². The SMILES string of the molecule is CCCCSCCC(=O)N(CCC)C1CCNC1.Cl. The number of hydrogen-bond donors (Lipinski definition) is 1. The zero-order valence-electron chi connectivity index (χ0n) is 12.3. The molecule has 0 aliphatic carbocycles. The Hall–Kier alpha value is 0.0700. The van der Waals surface area contributed by atoms with Crippen molar-refractivity contribution < 1.29 is 4.79 Å². The van der Waals surface area contributed by atoms with Gasteiger partial charge in [0.05, 0.1) is 0 Å². The Balaban J connectivity index is 0.00000324. The minimum atomic E-state index is 0. The highest BCUT2D eigenvalue weighted by Crippen LogP contribution is 2.13. The van der Waals surface area contributed by atoms with Crippen molar-refractivity contribution in [3.05, 3.63) is 0 Å². The Morgan fingerprint density at radius 3 is 2.68 bits per heavy atom. The van der Waals surface area contributed by atoms with Gasteiger partial charge in [0.2, 0.25) is 5.91 Å². The average Bonchev–Trinajstić information content (AvgIpc) is 2.89. The molecule has 0 saturated carbocycles. The summed E-state index contributed by atoms with van der Waals surface area (Å²) in [4.78, 5) is 14.3. The molecule has 114 valence electrons. The third-order valence-corrected chi connectivity index (χ3v) is 4.43. The summed E-state index contributed by atoms with van der Waals surface area (Å²) in [5, 5.41) is 3.35. The molecule has 3 nitrogen and oxygen atoms in total. The molecule has 0 aromatic rings. The maximum atomic E-state index is 12.2. The van der Waals surface area contributed by atoms with E-state index in [1.165, 1.54) is 18.6 Å². The second-order valence-electron chi connectivity index (χ2n) is 4.95. The van der Waals surface area contributed by atoms with Gasteiger partial charge in [0.15, 0.2) is 0 Å². The van der Waals surface area contributed by atoms with Crippen molar-refractivity contribution in [3.8, 4) is 0 Å².